The van der Waals surface area contributed by atoms with E-state index in [-0.39, 0.29) is 12.0 Å². The second-order valence-electron chi connectivity index (χ2n) is 4.56. The quantitative estimate of drug-likeness (QED) is 0.871. The van der Waals surface area contributed by atoms with Gasteiger partial charge in [-0.05, 0) is 41.8 Å². The molecule has 0 saturated heterocycles. The Morgan fingerprint density at radius 2 is 2.00 bits per heavy atom. The number of halogens is 1. The zero-order chi connectivity index (χ0) is 14.5. The number of esters is 1. The van der Waals surface area contributed by atoms with Gasteiger partial charge >= 0.3 is 5.97 Å². The van der Waals surface area contributed by atoms with E-state index in [9.17, 15) is 4.79 Å². The lowest BCUT2D eigenvalue weighted by atomic mass is 9.98. The van der Waals surface area contributed by atoms with Crippen molar-refractivity contribution in [3.8, 4) is 0 Å². The summed E-state index contributed by atoms with van der Waals surface area (Å²) in [6.07, 6.45) is 0.668. The summed E-state index contributed by atoms with van der Waals surface area (Å²) in [6, 6.07) is 15.2. The zero-order valence-electron chi connectivity index (χ0n) is 11.2. The van der Waals surface area contributed by atoms with E-state index in [1.54, 1.807) is 6.07 Å². The maximum atomic E-state index is 11.5. The molecule has 0 unspecified atom stereocenters. The smallest absolute Gasteiger partial charge is 0.337 e. The van der Waals surface area contributed by atoms with Crippen LogP contribution < -0.4 is 5.73 Å². The summed E-state index contributed by atoms with van der Waals surface area (Å²) in [7, 11) is 1.38. The van der Waals surface area contributed by atoms with Crippen LogP contribution in [-0.4, -0.2) is 13.1 Å². The van der Waals surface area contributed by atoms with Crippen LogP contribution in [0.25, 0.3) is 0 Å². The number of carbonyl (C=O) groups excluding carboxylic acids is 1. The van der Waals surface area contributed by atoms with Gasteiger partial charge < -0.3 is 10.5 Å². The van der Waals surface area contributed by atoms with Crippen molar-refractivity contribution in [2.45, 2.75) is 12.5 Å². The normalized spacial score (nSPS) is 11.9. The first-order chi connectivity index (χ1) is 9.60. The van der Waals surface area contributed by atoms with Gasteiger partial charge in [-0.3, -0.25) is 0 Å². The Hall–Kier alpha value is -1.65. The molecule has 2 aromatic rings. The van der Waals surface area contributed by atoms with Crippen LogP contribution in [0.3, 0.4) is 0 Å². The number of methoxy groups -OCH3 is 1. The molecular formula is C16H16BrNO2. The highest BCUT2D eigenvalue weighted by molar-refractivity contribution is 9.10. The third-order valence-corrected chi connectivity index (χ3v) is 3.57. The predicted molar refractivity (Wildman–Crippen MR) is 82.6 cm³/mol. The number of hydrogen-bond donors (Lipinski definition) is 1. The van der Waals surface area contributed by atoms with Crippen LogP contribution in [0.5, 0.6) is 0 Å². The second kappa shape index (κ2) is 6.68. The van der Waals surface area contributed by atoms with Crippen LogP contribution in [0.4, 0.5) is 0 Å². The van der Waals surface area contributed by atoms with Crippen molar-refractivity contribution in [2.24, 2.45) is 5.73 Å². The van der Waals surface area contributed by atoms with E-state index in [4.69, 9.17) is 10.5 Å². The van der Waals surface area contributed by atoms with Crippen LogP contribution in [0.15, 0.2) is 53.0 Å². The van der Waals surface area contributed by atoms with Crippen molar-refractivity contribution in [3.63, 3.8) is 0 Å². The van der Waals surface area contributed by atoms with Crippen molar-refractivity contribution in [1.29, 1.82) is 0 Å². The van der Waals surface area contributed by atoms with Crippen molar-refractivity contribution in [3.05, 3.63) is 69.7 Å². The molecule has 0 aliphatic carbocycles. The Labute approximate surface area is 126 Å². The first-order valence-electron chi connectivity index (χ1n) is 6.28. The van der Waals surface area contributed by atoms with Gasteiger partial charge in [-0.2, -0.15) is 0 Å². The minimum Gasteiger partial charge on any atom is -0.465 e. The Morgan fingerprint density at radius 3 is 2.70 bits per heavy atom. The summed E-state index contributed by atoms with van der Waals surface area (Å²) in [5, 5.41) is 0. The third-order valence-electron chi connectivity index (χ3n) is 3.08. The van der Waals surface area contributed by atoms with Gasteiger partial charge in [0.25, 0.3) is 0 Å². The molecule has 0 bridgehead atoms. The average molecular weight is 334 g/mol. The van der Waals surface area contributed by atoms with Gasteiger partial charge in [0.1, 0.15) is 0 Å². The summed E-state index contributed by atoms with van der Waals surface area (Å²) in [6.45, 7) is 0. The number of carbonyl (C=O) groups is 1. The maximum Gasteiger partial charge on any atom is 0.337 e. The molecule has 0 saturated carbocycles. The molecule has 0 aliphatic heterocycles. The first kappa shape index (κ1) is 14.8. The lowest BCUT2D eigenvalue weighted by Gasteiger charge is -2.13. The van der Waals surface area contributed by atoms with Gasteiger partial charge in [-0.25, -0.2) is 4.79 Å². The highest BCUT2D eigenvalue weighted by Crippen LogP contribution is 2.20. The summed E-state index contributed by atoms with van der Waals surface area (Å²) in [5.41, 5.74) is 8.84. The summed E-state index contributed by atoms with van der Waals surface area (Å²) in [5.74, 6) is -0.331. The highest BCUT2D eigenvalue weighted by atomic mass is 79.9. The fourth-order valence-corrected chi connectivity index (χ4v) is 2.47. The number of nitrogens with two attached hydrogens (primary N) is 1. The standard InChI is InChI=1S/C16H16BrNO2/c1-20-16(19)13-6-2-4-11(8-13)9-15(18)12-5-3-7-14(17)10-12/h2-8,10,15H,9,18H2,1H3/t15-/m1/s1. The SMILES string of the molecule is COC(=O)c1cccc(C[C@@H](N)c2cccc(Br)c2)c1. The molecule has 2 rings (SSSR count). The van der Waals surface area contributed by atoms with E-state index in [2.05, 4.69) is 15.9 Å². The largest absolute Gasteiger partial charge is 0.465 e. The van der Waals surface area contributed by atoms with Crippen molar-refractivity contribution in [1.82, 2.24) is 0 Å². The number of rotatable bonds is 4. The van der Waals surface area contributed by atoms with Crippen molar-refractivity contribution >= 4 is 21.9 Å². The van der Waals surface area contributed by atoms with Gasteiger partial charge in [-0.15, -0.1) is 0 Å². The molecule has 20 heavy (non-hydrogen) atoms. The van der Waals surface area contributed by atoms with Gasteiger partial charge in [-0.1, -0.05) is 40.2 Å². The lowest BCUT2D eigenvalue weighted by Crippen LogP contribution is -2.13. The summed E-state index contributed by atoms with van der Waals surface area (Å²) >= 11 is 3.44. The van der Waals surface area contributed by atoms with E-state index in [1.807, 2.05) is 42.5 Å². The molecule has 0 radical (unpaired) electrons. The monoisotopic (exact) mass is 333 g/mol. The molecule has 2 aromatic carbocycles. The fourth-order valence-electron chi connectivity index (χ4n) is 2.05. The lowest BCUT2D eigenvalue weighted by molar-refractivity contribution is 0.0600. The zero-order valence-corrected chi connectivity index (χ0v) is 12.8. The second-order valence-corrected chi connectivity index (χ2v) is 5.47. The molecule has 0 amide bonds. The van der Waals surface area contributed by atoms with E-state index in [1.165, 1.54) is 7.11 Å². The number of ether oxygens (including phenoxy) is 1. The van der Waals surface area contributed by atoms with E-state index in [0.717, 1.165) is 15.6 Å². The summed E-state index contributed by atoms with van der Waals surface area (Å²) in [4.78, 5) is 11.5. The van der Waals surface area contributed by atoms with E-state index >= 15 is 0 Å². The molecule has 4 heteroatoms. The van der Waals surface area contributed by atoms with Crippen LogP contribution >= 0.6 is 15.9 Å². The average Bonchev–Trinajstić information content (AvgIpc) is 2.46. The van der Waals surface area contributed by atoms with Crippen LogP contribution in [0.1, 0.15) is 27.5 Å². The van der Waals surface area contributed by atoms with Gasteiger partial charge in [0.15, 0.2) is 0 Å². The Kier molecular flexibility index (Phi) is 4.93. The van der Waals surface area contributed by atoms with Crippen LogP contribution in [-0.2, 0) is 11.2 Å². The molecule has 104 valence electrons. The van der Waals surface area contributed by atoms with Crippen molar-refractivity contribution in [2.75, 3.05) is 7.11 Å². The third kappa shape index (κ3) is 3.68. The van der Waals surface area contributed by atoms with E-state index in [0.29, 0.717) is 12.0 Å². The molecule has 1 atom stereocenters. The number of hydrogen-bond acceptors (Lipinski definition) is 3. The minimum atomic E-state index is -0.331. The fraction of sp³-hybridized carbons (Fsp3) is 0.188. The van der Waals surface area contributed by atoms with Gasteiger partial charge in [0, 0.05) is 10.5 Å². The summed E-state index contributed by atoms with van der Waals surface area (Å²) < 4.78 is 5.73. The molecule has 0 spiro atoms. The molecule has 0 aromatic heterocycles. The van der Waals surface area contributed by atoms with Gasteiger partial charge in [0.05, 0.1) is 12.7 Å². The molecule has 2 N–H and O–H groups in total. The maximum absolute atomic E-state index is 11.5. The Bertz CT molecular complexity index is 613. The highest BCUT2D eigenvalue weighted by Gasteiger charge is 2.10. The van der Waals surface area contributed by atoms with Crippen LogP contribution in [0.2, 0.25) is 0 Å². The molecule has 0 heterocycles. The molecule has 3 nitrogen and oxygen atoms in total. The minimum absolute atomic E-state index is 0.111. The van der Waals surface area contributed by atoms with Crippen molar-refractivity contribution < 1.29 is 9.53 Å². The van der Waals surface area contributed by atoms with Crippen LogP contribution in [0, 0.1) is 0 Å². The molecular weight excluding hydrogens is 318 g/mol. The van der Waals surface area contributed by atoms with E-state index < -0.39 is 0 Å². The predicted octanol–water partition coefficient (Wildman–Crippen LogP) is 3.48. The number of benzene rings is 2. The topological polar surface area (TPSA) is 52.3 Å². The molecule has 0 fully saturated rings. The van der Waals surface area contributed by atoms with Gasteiger partial charge in [0.2, 0.25) is 0 Å². The Morgan fingerprint density at radius 1 is 1.25 bits per heavy atom. The first-order valence-corrected chi connectivity index (χ1v) is 7.08. The molecule has 0 aliphatic rings. The Balaban J connectivity index is 2.15.